The van der Waals surface area contributed by atoms with Gasteiger partial charge >= 0.3 is 0 Å². The van der Waals surface area contributed by atoms with Gasteiger partial charge in [-0.25, -0.2) is 0 Å². The molecule has 4 saturated carbocycles. The minimum atomic E-state index is 0.675. The highest BCUT2D eigenvalue weighted by Crippen LogP contribution is 2.61. The maximum atomic E-state index is 3.89. The number of hydrogen-bond donors (Lipinski definition) is 1. The average molecular weight is 296 g/mol. The van der Waals surface area contributed by atoms with E-state index in [1.807, 2.05) is 0 Å². The fourth-order valence-corrected chi connectivity index (χ4v) is 7.04. The molecule has 0 radical (unpaired) electrons. The van der Waals surface area contributed by atoms with Gasteiger partial charge in [0.25, 0.3) is 0 Å². The molecule has 1 atom stereocenters. The van der Waals surface area contributed by atoms with Gasteiger partial charge in [0.2, 0.25) is 0 Å². The van der Waals surface area contributed by atoms with E-state index in [9.17, 15) is 0 Å². The fourth-order valence-electron chi connectivity index (χ4n) is 5.72. The second-order valence-corrected chi connectivity index (χ2v) is 9.40. The number of thioether (sulfide) groups is 1. The zero-order valence-electron chi connectivity index (χ0n) is 13.7. The van der Waals surface area contributed by atoms with Crippen LogP contribution in [0, 0.1) is 29.1 Å². The van der Waals surface area contributed by atoms with Crippen molar-refractivity contribution in [3.63, 3.8) is 0 Å². The Morgan fingerprint density at radius 2 is 1.55 bits per heavy atom. The molecule has 0 spiro atoms. The summed E-state index contributed by atoms with van der Waals surface area (Å²) < 4.78 is 0. The fraction of sp³-hybridized carbons (Fsp3) is 1.00. The Balaban J connectivity index is 1.66. The topological polar surface area (TPSA) is 12.0 Å². The first-order valence-corrected chi connectivity index (χ1v) is 10.1. The molecule has 1 unspecified atom stereocenters. The van der Waals surface area contributed by atoms with Crippen molar-refractivity contribution >= 4 is 11.8 Å². The van der Waals surface area contributed by atoms with Crippen LogP contribution in [0.5, 0.6) is 0 Å². The van der Waals surface area contributed by atoms with E-state index in [2.05, 4.69) is 37.8 Å². The second-order valence-electron chi connectivity index (χ2n) is 8.32. The van der Waals surface area contributed by atoms with Crippen molar-refractivity contribution < 1.29 is 0 Å². The summed E-state index contributed by atoms with van der Waals surface area (Å²) in [6.45, 7) is 8.13. The smallest absolute Gasteiger partial charge is 0.0214 e. The molecule has 0 aromatic carbocycles. The predicted molar refractivity (Wildman–Crippen MR) is 90.2 cm³/mol. The molecule has 0 saturated heterocycles. The molecule has 4 bridgehead atoms. The quantitative estimate of drug-likeness (QED) is 0.738. The van der Waals surface area contributed by atoms with Crippen LogP contribution in [-0.2, 0) is 0 Å². The summed E-state index contributed by atoms with van der Waals surface area (Å²) in [7, 11) is 0. The van der Waals surface area contributed by atoms with Crippen molar-refractivity contribution in [2.24, 2.45) is 29.1 Å². The van der Waals surface area contributed by atoms with Crippen LogP contribution >= 0.6 is 11.8 Å². The maximum Gasteiger partial charge on any atom is 0.0214 e. The molecular formula is C18H33NS. The van der Waals surface area contributed by atoms with Gasteiger partial charge in [-0.3, -0.25) is 0 Å². The molecule has 0 aliphatic heterocycles. The number of nitrogens with one attached hydrogen (secondary N) is 1. The van der Waals surface area contributed by atoms with Gasteiger partial charge in [0.1, 0.15) is 0 Å². The van der Waals surface area contributed by atoms with E-state index in [0.717, 1.165) is 36.3 Å². The Kier molecular flexibility index (Phi) is 4.72. The van der Waals surface area contributed by atoms with Crippen molar-refractivity contribution in [1.82, 2.24) is 5.32 Å². The summed E-state index contributed by atoms with van der Waals surface area (Å²) >= 11 is 2.20. The molecule has 116 valence electrons. The van der Waals surface area contributed by atoms with Gasteiger partial charge in [0.05, 0.1) is 0 Å². The molecule has 4 aliphatic rings. The molecule has 4 aliphatic carbocycles. The molecule has 0 amide bonds. The highest BCUT2D eigenvalue weighted by molar-refractivity contribution is 7.99. The minimum Gasteiger partial charge on any atom is -0.313 e. The third kappa shape index (κ3) is 3.06. The van der Waals surface area contributed by atoms with E-state index in [0.29, 0.717) is 5.41 Å². The Hall–Kier alpha value is 0.310. The van der Waals surface area contributed by atoms with E-state index >= 15 is 0 Å². The number of hydrogen-bond acceptors (Lipinski definition) is 2. The van der Waals surface area contributed by atoms with Crippen LogP contribution in [-0.4, -0.2) is 24.1 Å². The number of rotatable bonds is 7. The van der Waals surface area contributed by atoms with Gasteiger partial charge in [-0.05, 0) is 79.9 Å². The lowest BCUT2D eigenvalue weighted by Crippen LogP contribution is -2.56. The summed E-state index contributed by atoms with van der Waals surface area (Å²) in [5, 5.41) is 3.89. The third-order valence-corrected chi connectivity index (χ3v) is 7.48. The van der Waals surface area contributed by atoms with Crippen molar-refractivity contribution in [2.75, 3.05) is 18.1 Å². The standard InChI is InChI=1S/C18H33NS/c1-4-19-17(12-20-11-13(2)3)18-8-14-5-15(9-18)7-16(6-14)10-18/h13-17,19H,4-12H2,1-3H3. The van der Waals surface area contributed by atoms with Crippen LogP contribution in [0.3, 0.4) is 0 Å². The summed E-state index contributed by atoms with van der Waals surface area (Å²) in [5.41, 5.74) is 0.675. The van der Waals surface area contributed by atoms with Crippen LogP contribution in [0.1, 0.15) is 59.3 Å². The molecule has 0 heterocycles. The van der Waals surface area contributed by atoms with Crippen LogP contribution in [0.2, 0.25) is 0 Å². The molecule has 20 heavy (non-hydrogen) atoms. The van der Waals surface area contributed by atoms with Crippen LogP contribution in [0.25, 0.3) is 0 Å². The molecule has 4 rings (SSSR count). The van der Waals surface area contributed by atoms with E-state index in [1.165, 1.54) is 11.5 Å². The Bertz CT molecular complexity index is 290. The van der Waals surface area contributed by atoms with Crippen molar-refractivity contribution in [2.45, 2.75) is 65.3 Å². The van der Waals surface area contributed by atoms with E-state index in [-0.39, 0.29) is 0 Å². The van der Waals surface area contributed by atoms with Gasteiger partial charge in [0.15, 0.2) is 0 Å². The predicted octanol–water partition coefficient (Wildman–Crippen LogP) is 4.57. The van der Waals surface area contributed by atoms with E-state index in [4.69, 9.17) is 0 Å². The molecule has 0 aromatic heterocycles. The lowest BCUT2D eigenvalue weighted by Gasteiger charge is -2.59. The monoisotopic (exact) mass is 295 g/mol. The zero-order chi connectivity index (χ0) is 14.2. The summed E-state index contributed by atoms with van der Waals surface area (Å²) in [4.78, 5) is 0. The van der Waals surface area contributed by atoms with Crippen molar-refractivity contribution in [3.05, 3.63) is 0 Å². The first-order chi connectivity index (χ1) is 9.61. The highest BCUT2D eigenvalue weighted by Gasteiger charge is 2.53. The first kappa shape index (κ1) is 15.2. The Morgan fingerprint density at radius 3 is 2.00 bits per heavy atom. The third-order valence-electron chi connectivity index (χ3n) is 6.01. The Morgan fingerprint density at radius 1 is 1.00 bits per heavy atom. The van der Waals surface area contributed by atoms with Gasteiger partial charge in [0, 0.05) is 11.8 Å². The van der Waals surface area contributed by atoms with Gasteiger partial charge < -0.3 is 5.32 Å². The zero-order valence-corrected chi connectivity index (χ0v) is 14.5. The summed E-state index contributed by atoms with van der Waals surface area (Å²) in [6.07, 6.45) is 9.32. The summed E-state index contributed by atoms with van der Waals surface area (Å²) in [5.74, 6) is 6.75. The molecular weight excluding hydrogens is 262 g/mol. The first-order valence-electron chi connectivity index (χ1n) is 8.92. The lowest BCUT2D eigenvalue weighted by atomic mass is 9.48. The van der Waals surface area contributed by atoms with Crippen LogP contribution < -0.4 is 5.32 Å². The second kappa shape index (κ2) is 6.20. The molecule has 0 aromatic rings. The lowest BCUT2D eigenvalue weighted by molar-refractivity contribution is -0.0691. The molecule has 1 nitrogen and oxygen atoms in total. The highest BCUT2D eigenvalue weighted by atomic mass is 32.2. The molecule has 1 N–H and O–H groups in total. The van der Waals surface area contributed by atoms with Crippen LogP contribution in [0.15, 0.2) is 0 Å². The normalized spacial score (nSPS) is 40.5. The largest absolute Gasteiger partial charge is 0.313 e. The minimum absolute atomic E-state index is 0.675. The summed E-state index contributed by atoms with van der Waals surface area (Å²) in [6, 6.07) is 0.782. The van der Waals surface area contributed by atoms with E-state index in [1.54, 1.807) is 38.5 Å². The molecule has 2 heteroatoms. The Labute approximate surface area is 130 Å². The van der Waals surface area contributed by atoms with Crippen molar-refractivity contribution in [3.8, 4) is 0 Å². The van der Waals surface area contributed by atoms with E-state index < -0.39 is 0 Å². The van der Waals surface area contributed by atoms with Gasteiger partial charge in [-0.1, -0.05) is 20.8 Å². The van der Waals surface area contributed by atoms with Gasteiger partial charge in [-0.15, -0.1) is 0 Å². The van der Waals surface area contributed by atoms with Crippen molar-refractivity contribution in [1.29, 1.82) is 0 Å². The van der Waals surface area contributed by atoms with Crippen LogP contribution in [0.4, 0.5) is 0 Å². The SMILES string of the molecule is CCNC(CSCC(C)C)C12CC3CC(CC(C3)C1)C2. The maximum absolute atomic E-state index is 3.89. The van der Waals surface area contributed by atoms with Gasteiger partial charge in [-0.2, -0.15) is 11.8 Å². The average Bonchev–Trinajstić information content (AvgIpc) is 2.35. The molecule has 4 fully saturated rings.